The Bertz CT molecular complexity index is 351. The van der Waals surface area contributed by atoms with Crippen molar-refractivity contribution in [3.05, 3.63) is 35.4 Å². The zero-order valence-corrected chi connectivity index (χ0v) is 12.5. The highest BCUT2D eigenvalue weighted by molar-refractivity contribution is 7.99. The second kappa shape index (κ2) is 9.32. The molecule has 19 heavy (non-hydrogen) atoms. The lowest BCUT2D eigenvalue weighted by molar-refractivity contribution is 0.540. The van der Waals surface area contributed by atoms with Gasteiger partial charge in [0, 0.05) is 17.9 Å². The van der Waals surface area contributed by atoms with Crippen LogP contribution in [0.1, 0.15) is 32.3 Å². The van der Waals surface area contributed by atoms with Crippen LogP contribution in [0.2, 0.25) is 0 Å². The first-order chi connectivity index (χ1) is 9.15. The molecule has 1 unspecified atom stereocenters. The summed E-state index contributed by atoms with van der Waals surface area (Å²) in [5.41, 5.74) is 0.725. The molecule has 1 atom stereocenters. The van der Waals surface area contributed by atoms with E-state index in [1.165, 1.54) is 12.1 Å². The van der Waals surface area contributed by atoms with Crippen LogP contribution in [0.25, 0.3) is 0 Å². The molecule has 0 aliphatic rings. The second-order valence-corrected chi connectivity index (χ2v) is 5.86. The van der Waals surface area contributed by atoms with Crippen molar-refractivity contribution in [1.82, 2.24) is 5.32 Å². The van der Waals surface area contributed by atoms with Gasteiger partial charge in [0.15, 0.2) is 0 Å². The molecule has 1 aromatic carbocycles. The Morgan fingerprint density at radius 2 is 1.79 bits per heavy atom. The van der Waals surface area contributed by atoms with Gasteiger partial charge in [-0.05, 0) is 49.3 Å². The van der Waals surface area contributed by atoms with Crippen LogP contribution in [0.3, 0.4) is 0 Å². The number of nitrogens with one attached hydrogen (secondary N) is 1. The van der Waals surface area contributed by atoms with E-state index in [4.69, 9.17) is 0 Å². The number of halogens is 2. The number of thioether (sulfide) groups is 1. The summed E-state index contributed by atoms with van der Waals surface area (Å²) in [4.78, 5) is 0. The van der Waals surface area contributed by atoms with E-state index in [-0.39, 0.29) is 6.04 Å². The van der Waals surface area contributed by atoms with Crippen molar-refractivity contribution in [3.63, 3.8) is 0 Å². The van der Waals surface area contributed by atoms with E-state index in [9.17, 15) is 8.78 Å². The molecule has 4 heteroatoms. The minimum Gasteiger partial charge on any atom is -0.313 e. The van der Waals surface area contributed by atoms with E-state index in [0.29, 0.717) is 6.42 Å². The largest absolute Gasteiger partial charge is 0.313 e. The number of hydrogen-bond acceptors (Lipinski definition) is 2. The zero-order chi connectivity index (χ0) is 14.1. The summed E-state index contributed by atoms with van der Waals surface area (Å²) in [7, 11) is 0. The molecule has 0 spiro atoms. The fourth-order valence-corrected chi connectivity index (χ4v) is 2.90. The lowest BCUT2D eigenvalue weighted by Gasteiger charge is -2.18. The minimum absolute atomic E-state index is 0.276. The fraction of sp³-hybridized carbons (Fsp3) is 0.600. The normalized spacial score (nSPS) is 12.6. The molecule has 0 aromatic heterocycles. The topological polar surface area (TPSA) is 12.0 Å². The Morgan fingerprint density at radius 1 is 1.11 bits per heavy atom. The molecule has 0 saturated carbocycles. The van der Waals surface area contributed by atoms with E-state index in [2.05, 4.69) is 19.2 Å². The van der Waals surface area contributed by atoms with E-state index in [1.54, 1.807) is 0 Å². The van der Waals surface area contributed by atoms with Crippen molar-refractivity contribution in [3.8, 4) is 0 Å². The molecule has 0 aliphatic heterocycles. The van der Waals surface area contributed by atoms with Crippen LogP contribution in [-0.4, -0.2) is 24.1 Å². The van der Waals surface area contributed by atoms with Crippen LogP contribution in [-0.2, 0) is 6.42 Å². The van der Waals surface area contributed by atoms with E-state index in [0.717, 1.165) is 42.5 Å². The lowest BCUT2D eigenvalue weighted by atomic mass is 10.1. The maximum atomic E-state index is 13.2. The van der Waals surface area contributed by atoms with Gasteiger partial charge in [-0.2, -0.15) is 11.8 Å². The highest BCUT2D eigenvalue weighted by Crippen LogP contribution is 2.13. The van der Waals surface area contributed by atoms with Crippen molar-refractivity contribution >= 4 is 11.8 Å². The highest BCUT2D eigenvalue weighted by Gasteiger charge is 2.10. The van der Waals surface area contributed by atoms with Crippen LogP contribution < -0.4 is 5.32 Å². The number of rotatable bonds is 9. The summed E-state index contributed by atoms with van der Waals surface area (Å²) < 4.78 is 26.3. The van der Waals surface area contributed by atoms with Crippen molar-refractivity contribution in [2.75, 3.05) is 18.1 Å². The van der Waals surface area contributed by atoms with E-state index >= 15 is 0 Å². The molecule has 1 nitrogen and oxygen atoms in total. The summed E-state index contributed by atoms with van der Waals surface area (Å²) in [6, 6.07) is 4.05. The number of benzene rings is 1. The van der Waals surface area contributed by atoms with Crippen molar-refractivity contribution < 1.29 is 8.78 Å². The predicted molar refractivity (Wildman–Crippen MR) is 79.8 cm³/mol. The first-order valence-electron chi connectivity index (χ1n) is 6.91. The monoisotopic (exact) mass is 287 g/mol. The Kier molecular flexibility index (Phi) is 8.07. The van der Waals surface area contributed by atoms with Crippen LogP contribution in [0.4, 0.5) is 8.78 Å². The van der Waals surface area contributed by atoms with Gasteiger partial charge in [-0.1, -0.05) is 13.8 Å². The third kappa shape index (κ3) is 6.92. The van der Waals surface area contributed by atoms with Crippen LogP contribution >= 0.6 is 11.8 Å². The molecule has 0 aliphatic carbocycles. The lowest BCUT2D eigenvalue weighted by Crippen LogP contribution is -2.34. The molecule has 1 aromatic rings. The first kappa shape index (κ1) is 16.4. The third-order valence-electron chi connectivity index (χ3n) is 2.75. The molecule has 108 valence electrons. The van der Waals surface area contributed by atoms with Gasteiger partial charge in [-0.15, -0.1) is 0 Å². The summed E-state index contributed by atoms with van der Waals surface area (Å²) in [5.74, 6) is 1.12. The Balaban J connectivity index is 2.58. The van der Waals surface area contributed by atoms with E-state index in [1.807, 2.05) is 11.8 Å². The van der Waals surface area contributed by atoms with Gasteiger partial charge >= 0.3 is 0 Å². The number of hydrogen-bond donors (Lipinski definition) is 1. The maximum absolute atomic E-state index is 13.2. The Morgan fingerprint density at radius 3 is 2.37 bits per heavy atom. The van der Waals surface area contributed by atoms with Gasteiger partial charge in [0.25, 0.3) is 0 Å². The van der Waals surface area contributed by atoms with Crippen LogP contribution in [0.5, 0.6) is 0 Å². The fourth-order valence-electron chi connectivity index (χ4n) is 1.92. The van der Waals surface area contributed by atoms with Crippen molar-refractivity contribution in [2.45, 2.75) is 39.2 Å². The predicted octanol–water partition coefficient (Wildman–Crippen LogP) is 4.02. The maximum Gasteiger partial charge on any atom is 0.126 e. The molecule has 0 fully saturated rings. The molecule has 0 amide bonds. The summed E-state index contributed by atoms with van der Waals surface area (Å²) >= 11 is 1.89. The minimum atomic E-state index is -0.495. The van der Waals surface area contributed by atoms with Crippen LogP contribution in [0, 0.1) is 11.6 Å². The molecular formula is C15H23F2NS. The average Bonchev–Trinajstić information content (AvgIpc) is 2.34. The summed E-state index contributed by atoms with van der Waals surface area (Å²) in [6.45, 7) is 5.21. The third-order valence-corrected chi connectivity index (χ3v) is 4.09. The molecule has 0 radical (unpaired) electrons. The highest BCUT2D eigenvalue weighted by atomic mass is 32.2. The van der Waals surface area contributed by atoms with Gasteiger partial charge < -0.3 is 5.32 Å². The second-order valence-electron chi connectivity index (χ2n) is 4.71. The van der Waals surface area contributed by atoms with E-state index < -0.39 is 11.6 Å². The SMILES string of the molecule is CCCNC(CSCCC)Cc1cc(F)cc(F)c1. The van der Waals surface area contributed by atoms with Gasteiger partial charge in [0.05, 0.1) is 0 Å². The standard InChI is InChI=1S/C15H23F2NS/c1-3-5-18-15(11-19-6-4-2)9-12-7-13(16)10-14(17)8-12/h7-8,10,15,18H,3-6,9,11H2,1-2H3. The smallest absolute Gasteiger partial charge is 0.126 e. The van der Waals surface area contributed by atoms with Gasteiger partial charge in [-0.3, -0.25) is 0 Å². The summed E-state index contributed by atoms with van der Waals surface area (Å²) in [5, 5.41) is 3.45. The Hall–Kier alpha value is -0.610. The van der Waals surface area contributed by atoms with Gasteiger partial charge in [0.2, 0.25) is 0 Å². The molecule has 1 rings (SSSR count). The van der Waals surface area contributed by atoms with Crippen LogP contribution in [0.15, 0.2) is 18.2 Å². The van der Waals surface area contributed by atoms with Crippen molar-refractivity contribution in [2.24, 2.45) is 0 Å². The molecule has 1 N–H and O–H groups in total. The van der Waals surface area contributed by atoms with Gasteiger partial charge in [0.1, 0.15) is 11.6 Å². The molecule has 0 saturated heterocycles. The first-order valence-corrected chi connectivity index (χ1v) is 8.07. The van der Waals surface area contributed by atoms with Crippen molar-refractivity contribution in [1.29, 1.82) is 0 Å². The molecule has 0 bridgehead atoms. The zero-order valence-electron chi connectivity index (χ0n) is 11.7. The summed E-state index contributed by atoms with van der Waals surface area (Å²) in [6.07, 6.45) is 2.89. The Labute approximate surface area is 119 Å². The molecule has 0 heterocycles. The molecular weight excluding hydrogens is 264 g/mol. The average molecular weight is 287 g/mol. The quantitative estimate of drug-likeness (QED) is 0.689. The van der Waals surface area contributed by atoms with Gasteiger partial charge in [-0.25, -0.2) is 8.78 Å².